The summed E-state index contributed by atoms with van der Waals surface area (Å²) in [5.41, 5.74) is 1.60. The quantitative estimate of drug-likeness (QED) is 0.895. The molecule has 1 aliphatic rings. The lowest BCUT2D eigenvalue weighted by molar-refractivity contribution is 0.0487. The molecular weight excluding hydrogens is 268 g/mol. The number of nitrogens with one attached hydrogen (secondary N) is 1. The van der Waals surface area contributed by atoms with Crippen molar-refractivity contribution >= 4 is 21.6 Å². The van der Waals surface area contributed by atoms with E-state index in [4.69, 9.17) is 10.4 Å². The Kier molecular flexibility index (Phi) is 3.47. The van der Waals surface area contributed by atoms with Gasteiger partial charge in [0.2, 0.25) is 0 Å². The van der Waals surface area contributed by atoms with Gasteiger partial charge in [0.15, 0.2) is 0 Å². The minimum atomic E-state index is -0.107. The Hall–Kier alpha value is -1.05. The van der Waals surface area contributed by atoms with Crippen LogP contribution in [0.15, 0.2) is 22.7 Å². The summed E-state index contributed by atoms with van der Waals surface area (Å²) in [4.78, 5) is 0. The Balaban J connectivity index is 1.94. The number of halogens is 1. The molecule has 0 saturated heterocycles. The molecule has 2 N–H and O–H groups in total. The normalized spacial score (nSPS) is 23.3. The fourth-order valence-electron chi connectivity index (χ4n) is 1.89. The molecule has 1 fully saturated rings. The van der Waals surface area contributed by atoms with Crippen molar-refractivity contribution in [3.8, 4) is 6.07 Å². The van der Waals surface area contributed by atoms with E-state index in [1.165, 1.54) is 0 Å². The number of aliphatic hydroxyl groups is 1. The number of nitrogens with zero attached hydrogens (tertiary/aromatic N) is 1. The van der Waals surface area contributed by atoms with Gasteiger partial charge >= 0.3 is 0 Å². The van der Waals surface area contributed by atoms with Gasteiger partial charge in [-0.15, -0.1) is 0 Å². The van der Waals surface area contributed by atoms with Gasteiger partial charge in [0.25, 0.3) is 0 Å². The van der Waals surface area contributed by atoms with Crippen molar-refractivity contribution in [3.63, 3.8) is 0 Å². The maximum absolute atomic E-state index is 9.16. The predicted octanol–water partition coefficient (Wildman–Crippen LogP) is 2.50. The highest BCUT2D eigenvalue weighted by molar-refractivity contribution is 9.10. The van der Waals surface area contributed by atoms with Crippen LogP contribution in [0.25, 0.3) is 0 Å². The molecule has 0 unspecified atom stereocenters. The molecule has 1 saturated carbocycles. The summed E-state index contributed by atoms with van der Waals surface area (Å²) in [6.07, 6.45) is 1.65. The van der Waals surface area contributed by atoms with Crippen LogP contribution < -0.4 is 5.32 Å². The first kappa shape index (κ1) is 11.4. The molecule has 0 spiro atoms. The number of benzene rings is 1. The zero-order chi connectivity index (χ0) is 11.5. The van der Waals surface area contributed by atoms with Gasteiger partial charge in [-0.3, -0.25) is 0 Å². The first-order chi connectivity index (χ1) is 7.67. The van der Waals surface area contributed by atoms with E-state index in [0.717, 1.165) is 29.5 Å². The van der Waals surface area contributed by atoms with Gasteiger partial charge in [0.05, 0.1) is 17.7 Å². The van der Waals surface area contributed by atoms with Crippen LogP contribution in [-0.2, 0) is 0 Å². The average Bonchev–Trinajstić information content (AvgIpc) is 2.22. The molecule has 2 rings (SSSR count). The van der Waals surface area contributed by atoms with Crippen molar-refractivity contribution in [2.45, 2.75) is 18.9 Å². The third-order valence-electron chi connectivity index (χ3n) is 2.83. The summed E-state index contributed by atoms with van der Waals surface area (Å²) < 4.78 is 0.905. The monoisotopic (exact) mass is 280 g/mol. The maximum atomic E-state index is 9.16. The fourth-order valence-corrected chi connectivity index (χ4v) is 2.38. The molecule has 1 aromatic rings. The van der Waals surface area contributed by atoms with Crippen LogP contribution in [-0.4, -0.2) is 17.8 Å². The minimum Gasteiger partial charge on any atom is -0.393 e. The van der Waals surface area contributed by atoms with E-state index in [9.17, 15) is 0 Å². The first-order valence-corrected chi connectivity index (χ1v) is 6.09. The van der Waals surface area contributed by atoms with Crippen LogP contribution in [0.1, 0.15) is 18.4 Å². The standard InChI is InChI=1S/C12H13BrN2O/c13-10-1-8(6-14)2-11(5-10)15-7-9-3-12(16)4-9/h1-2,5,9,12,15-16H,3-4,7H2. The number of anilines is 1. The summed E-state index contributed by atoms with van der Waals surface area (Å²) in [6.45, 7) is 0.860. The van der Waals surface area contributed by atoms with E-state index in [2.05, 4.69) is 27.3 Å². The second-order valence-electron chi connectivity index (χ2n) is 4.21. The zero-order valence-electron chi connectivity index (χ0n) is 8.78. The number of rotatable bonds is 3. The van der Waals surface area contributed by atoms with Crippen molar-refractivity contribution in [3.05, 3.63) is 28.2 Å². The first-order valence-electron chi connectivity index (χ1n) is 5.30. The molecule has 4 heteroatoms. The number of aliphatic hydroxyl groups excluding tert-OH is 1. The second kappa shape index (κ2) is 4.86. The summed E-state index contributed by atoms with van der Waals surface area (Å²) in [7, 11) is 0. The van der Waals surface area contributed by atoms with Crippen LogP contribution in [0.4, 0.5) is 5.69 Å². The van der Waals surface area contributed by atoms with Crippen molar-refractivity contribution in [1.29, 1.82) is 5.26 Å². The molecule has 0 atom stereocenters. The summed E-state index contributed by atoms with van der Waals surface area (Å²) in [5.74, 6) is 0.555. The van der Waals surface area contributed by atoms with Gasteiger partial charge in [0, 0.05) is 16.7 Å². The molecule has 0 radical (unpaired) electrons. The van der Waals surface area contributed by atoms with E-state index in [0.29, 0.717) is 11.5 Å². The maximum Gasteiger partial charge on any atom is 0.0992 e. The van der Waals surface area contributed by atoms with Gasteiger partial charge in [-0.2, -0.15) is 5.26 Å². The van der Waals surface area contributed by atoms with Crippen LogP contribution in [0.5, 0.6) is 0 Å². The number of nitriles is 1. The molecule has 0 aromatic heterocycles. The molecule has 0 bridgehead atoms. The van der Waals surface area contributed by atoms with Crippen molar-refractivity contribution < 1.29 is 5.11 Å². The minimum absolute atomic E-state index is 0.107. The lowest BCUT2D eigenvalue weighted by Gasteiger charge is -2.31. The highest BCUT2D eigenvalue weighted by Crippen LogP contribution is 2.28. The van der Waals surface area contributed by atoms with Crippen molar-refractivity contribution in [2.24, 2.45) is 5.92 Å². The molecule has 0 amide bonds. The summed E-state index contributed by atoms with van der Waals surface area (Å²) >= 11 is 3.37. The Morgan fingerprint density at radius 2 is 2.19 bits per heavy atom. The van der Waals surface area contributed by atoms with Crippen LogP contribution >= 0.6 is 15.9 Å². The second-order valence-corrected chi connectivity index (χ2v) is 5.13. The van der Waals surface area contributed by atoms with E-state index >= 15 is 0 Å². The molecule has 16 heavy (non-hydrogen) atoms. The van der Waals surface area contributed by atoms with Crippen LogP contribution in [0, 0.1) is 17.2 Å². The average molecular weight is 281 g/mol. The Labute approximate surface area is 103 Å². The van der Waals surface area contributed by atoms with Crippen LogP contribution in [0.3, 0.4) is 0 Å². The third kappa shape index (κ3) is 2.75. The summed E-state index contributed by atoms with van der Waals surface area (Å²) in [5, 5.41) is 21.3. The van der Waals surface area contributed by atoms with E-state index in [-0.39, 0.29) is 6.10 Å². The lowest BCUT2D eigenvalue weighted by Crippen LogP contribution is -2.33. The molecule has 3 nitrogen and oxygen atoms in total. The van der Waals surface area contributed by atoms with Gasteiger partial charge < -0.3 is 10.4 Å². The number of hydrogen-bond donors (Lipinski definition) is 2. The fraction of sp³-hybridized carbons (Fsp3) is 0.417. The Bertz CT molecular complexity index is 422. The highest BCUT2D eigenvalue weighted by atomic mass is 79.9. The van der Waals surface area contributed by atoms with Crippen molar-refractivity contribution in [1.82, 2.24) is 0 Å². The van der Waals surface area contributed by atoms with Gasteiger partial charge in [-0.05, 0) is 37.0 Å². The molecule has 0 heterocycles. The third-order valence-corrected chi connectivity index (χ3v) is 3.29. The van der Waals surface area contributed by atoms with Crippen LogP contribution in [0.2, 0.25) is 0 Å². The predicted molar refractivity (Wildman–Crippen MR) is 66.1 cm³/mol. The highest BCUT2D eigenvalue weighted by Gasteiger charge is 2.26. The van der Waals surface area contributed by atoms with Crippen molar-refractivity contribution in [2.75, 3.05) is 11.9 Å². The lowest BCUT2D eigenvalue weighted by atomic mass is 9.82. The Morgan fingerprint density at radius 1 is 1.44 bits per heavy atom. The van der Waals surface area contributed by atoms with Gasteiger partial charge in [0.1, 0.15) is 0 Å². The molecule has 0 aliphatic heterocycles. The van der Waals surface area contributed by atoms with Gasteiger partial charge in [-0.1, -0.05) is 15.9 Å². The number of hydrogen-bond acceptors (Lipinski definition) is 3. The Morgan fingerprint density at radius 3 is 2.81 bits per heavy atom. The topological polar surface area (TPSA) is 56.0 Å². The van der Waals surface area contributed by atoms with E-state index in [1.807, 2.05) is 12.1 Å². The largest absolute Gasteiger partial charge is 0.393 e. The van der Waals surface area contributed by atoms with E-state index in [1.54, 1.807) is 6.07 Å². The van der Waals surface area contributed by atoms with E-state index < -0.39 is 0 Å². The molecule has 1 aromatic carbocycles. The molecular formula is C12H13BrN2O. The smallest absolute Gasteiger partial charge is 0.0992 e. The molecule has 1 aliphatic carbocycles. The van der Waals surface area contributed by atoms with Gasteiger partial charge in [-0.25, -0.2) is 0 Å². The zero-order valence-corrected chi connectivity index (χ0v) is 10.4. The summed E-state index contributed by atoms with van der Waals surface area (Å²) in [6, 6.07) is 7.70. The SMILES string of the molecule is N#Cc1cc(Br)cc(NCC2CC(O)C2)c1. The molecule has 84 valence electrons.